The predicted molar refractivity (Wildman–Crippen MR) is 98.8 cm³/mol. The molecule has 2 aromatic carbocycles. The summed E-state index contributed by atoms with van der Waals surface area (Å²) >= 11 is 6.23. The summed E-state index contributed by atoms with van der Waals surface area (Å²) in [6.07, 6.45) is 0.903. The Morgan fingerprint density at radius 2 is 1.81 bits per heavy atom. The van der Waals surface area contributed by atoms with E-state index >= 15 is 0 Å². The Bertz CT molecular complexity index is 628. The minimum atomic E-state index is 0.280. The molecule has 0 heterocycles. The smallest absolute Gasteiger partial charge is 0.160 e. The van der Waals surface area contributed by atoms with E-state index in [-0.39, 0.29) is 4.83 Å². The monoisotopic (exact) mass is 460 g/mol. The third-order valence-electron chi connectivity index (χ3n) is 3.42. The standard InChI is InChI=1S/C17H18BrIO2/c1-11-5-4-6-13(17(11)19)14(18)9-12-7-8-15(20-2)16(10-12)21-3/h4-8,10,14H,9H2,1-3H3. The molecule has 0 aliphatic heterocycles. The van der Waals surface area contributed by atoms with E-state index < -0.39 is 0 Å². The molecule has 0 N–H and O–H groups in total. The second-order valence-corrected chi connectivity index (χ2v) is 7.02. The largest absolute Gasteiger partial charge is 0.493 e. The predicted octanol–water partition coefficient (Wildman–Crippen LogP) is 5.30. The van der Waals surface area contributed by atoms with E-state index in [0.29, 0.717) is 0 Å². The van der Waals surface area contributed by atoms with E-state index in [0.717, 1.165) is 17.9 Å². The van der Waals surface area contributed by atoms with Gasteiger partial charge in [-0.2, -0.15) is 0 Å². The highest BCUT2D eigenvalue weighted by Crippen LogP contribution is 2.34. The molecule has 2 nitrogen and oxygen atoms in total. The summed E-state index contributed by atoms with van der Waals surface area (Å²) in [5.74, 6) is 1.53. The highest BCUT2D eigenvalue weighted by Gasteiger charge is 2.14. The van der Waals surface area contributed by atoms with Crippen LogP contribution in [-0.2, 0) is 6.42 Å². The second kappa shape index (κ2) is 7.49. The van der Waals surface area contributed by atoms with E-state index in [4.69, 9.17) is 9.47 Å². The molecular formula is C17H18BrIO2. The van der Waals surface area contributed by atoms with Gasteiger partial charge in [0.05, 0.1) is 14.2 Å². The lowest BCUT2D eigenvalue weighted by molar-refractivity contribution is 0.354. The summed E-state index contributed by atoms with van der Waals surface area (Å²) < 4.78 is 12.0. The van der Waals surface area contributed by atoms with Crippen LogP contribution in [0.15, 0.2) is 36.4 Å². The van der Waals surface area contributed by atoms with Crippen molar-refractivity contribution in [2.24, 2.45) is 0 Å². The lowest BCUT2D eigenvalue weighted by Gasteiger charge is -2.15. The van der Waals surface area contributed by atoms with E-state index in [1.807, 2.05) is 12.1 Å². The third-order valence-corrected chi connectivity index (χ3v) is 5.71. The van der Waals surface area contributed by atoms with Crippen LogP contribution in [0, 0.1) is 10.5 Å². The van der Waals surface area contributed by atoms with Gasteiger partial charge in [0.25, 0.3) is 0 Å². The number of halogens is 2. The van der Waals surface area contributed by atoms with Gasteiger partial charge >= 0.3 is 0 Å². The highest BCUT2D eigenvalue weighted by atomic mass is 127. The van der Waals surface area contributed by atoms with Crippen molar-refractivity contribution in [1.29, 1.82) is 0 Å². The van der Waals surface area contributed by atoms with E-state index in [2.05, 4.69) is 69.7 Å². The van der Waals surface area contributed by atoms with Crippen molar-refractivity contribution < 1.29 is 9.47 Å². The molecule has 2 aromatic rings. The number of methoxy groups -OCH3 is 2. The summed E-state index contributed by atoms with van der Waals surface area (Å²) in [6, 6.07) is 12.5. The number of alkyl halides is 1. The molecule has 0 aromatic heterocycles. The van der Waals surface area contributed by atoms with Gasteiger partial charge in [0.15, 0.2) is 11.5 Å². The Labute approximate surface area is 148 Å². The molecule has 1 atom stereocenters. The first kappa shape index (κ1) is 16.6. The van der Waals surface area contributed by atoms with Crippen LogP contribution in [0.1, 0.15) is 21.5 Å². The Balaban J connectivity index is 2.23. The summed E-state index contributed by atoms with van der Waals surface area (Å²) in [6.45, 7) is 2.14. The van der Waals surface area contributed by atoms with Gasteiger partial charge < -0.3 is 9.47 Å². The molecule has 0 aliphatic rings. The molecule has 2 rings (SSSR count). The number of ether oxygens (including phenoxy) is 2. The van der Waals surface area contributed by atoms with Crippen LogP contribution in [0.5, 0.6) is 11.5 Å². The fraction of sp³-hybridized carbons (Fsp3) is 0.294. The van der Waals surface area contributed by atoms with Crippen LogP contribution >= 0.6 is 38.5 Å². The minimum absolute atomic E-state index is 0.280. The molecule has 21 heavy (non-hydrogen) atoms. The fourth-order valence-electron chi connectivity index (χ4n) is 2.24. The lowest BCUT2D eigenvalue weighted by atomic mass is 10.0. The molecule has 112 valence electrons. The van der Waals surface area contributed by atoms with Crippen molar-refractivity contribution >= 4 is 38.5 Å². The normalized spacial score (nSPS) is 12.0. The molecule has 0 fully saturated rings. The van der Waals surface area contributed by atoms with Crippen molar-refractivity contribution in [2.75, 3.05) is 14.2 Å². The van der Waals surface area contributed by atoms with Gasteiger partial charge in [-0.15, -0.1) is 0 Å². The SMILES string of the molecule is COc1ccc(CC(Br)c2cccc(C)c2I)cc1OC. The number of rotatable bonds is 5. The van der Waals surface area contributed by atoms with Crippen molar-refractivity contribution in [2.45, 2.75) is 18.2 Å². The van der Waals surface area contributed by atoms with Crippen molar-refractivity contribution in [1.82, 2.24) is 0 Å². The Kier molecular flexibility index (Phi) is 5.93. The molecule has 0 saturated carbocycles. The van der Waals surface area contributed by atoms with Crippen LogP contribution in [0.4, 0.5) is 0 Å². The summed E-state index contributed by atoms with van der Waals surface area (Å²) in [7, 11) is 3.32. The molecule has 4 heteroatoms. The van der Waals surface area contributed by atoms with Crippen molar-refractivity contribution in [3.63, 3.8) is 0 Å². The van der Waals surface area contributed by atoms with Gasteiger partial charge in [-0.1, -0.05) is 40.2 Å². The van der Waals surface area contributed by atoms with Crippen LogP contribution < -0.4 is 9.47 Å². The fourth-order valence-corrected chi connectivity index (χ4v) is 4.16. The number of hydrogen-bond donors (Lipinski definition) is 0. The first-order valence-electron chi connectivity index (χ1n) is 6.66. The maximum atomic E-state index is 5.37. The van der Waals surface area contributed by atoms with Gasteiger partial charge in [0.2, 0.25) is 0 Å². The summed E-state index contributed by atoms with van der Waals surface area (Å²) in [5.41, 5.74) is 3.85. The average Bonchev–Trinajstić information content (AvgIpc) is 2.49. The number of aryl methyl sites for hydroxylation is 1. The van der Waals surface area contributed by atoms with Crippen LogP contribution in [0.3, 0.4) is 0 Å². The maximum absolute atomic E-state index is 5.37. The molecule has 1 unspecified atom stereocenters. The van der Waals surface area contributed by atoms with E-state index in [9.17, 15) is 0 Å². The highest BCUT2D eigenvalue weighted by molar-refractivity contribution is 14.1. The van der Waals surface area contributed by atoms with Gasteiger partial charge in [0, 0.05) is 8.40 Å². The average molecular weight is 461 g/mol. The first-order chi connectivity index (χ1) is 10.1. The molecule has 0 spiro atoms. The summed E-state index contributed by atoms with van der Waals surface area (Å²) in [5, 5.41) is 0. The quantitative estimate of drug-likeness (QED) is 0.445. The Morgan fingerprint density at radius 1 is 1.10 bits per heavy atom. The van der Waals surface area contributed by atoms with E-state index in [1.165, 1.54) is 20.3 Å². The van der Waals surface area contributed by atoms with Crippen LogP contribution in [-0.4, -0.2) is 14.2 Å². The van der Waals surface area contributed by atoms with Crippen LogP contribution in [0.25, 0.3) is 0 Å². The Morgan fingerprint density at radius 3 is 2.48 bits per heavy atom. The molecule has 0 radical (unpaired) electrons. The zero-order chi connectivity index (χ0) is 15.4. The van der Waals surface area contributed by atoms with Crippen LogP contribution in [0.2, 0.25) is 0 Å². The topological polar surface area (TPSA) is 18.5 Å². The van der Waals surface area contributed by atoms with Gasteiger partial charge in [0.1, 0.15) is 0 Å². The first-order valence-corrected chi connectivity index (χ1v) is 8.66. The van der Waals surface area contributed by atoms with E-state index in [1.54, 1.807) is 14.2 Å². The third kappa shape index (κ3) is 3.92. The molecule has 0 amide bonds. The van der Waals surface area contributed by atoms with Gasteiger partial charge in [-0.3, -0.25) is 0 Å². The molecular weight excluding hydrogens is 443 g/mol. The van der Waals surface area contributed by atoms with Crippen molar-refractivity contribution in [3.8, 4) is 11.5 Å². The molecule has 0 saturated heterocycles. The minimum Gasteiger partial charge on any atom is -0.493 e. The second-order valence-electron chi connectivity index (χ2n) is 4.84. The van der Waals surface area contributed by atoms with Gasteiger partial charge in [-0.25, -0.2) is 0 Å². The van der Waals surface area contributed by atoms with Crippen molar-refractivity contribution in [3.05, 3.63) is 56.7 Å². The van der Waals surface area contributed by atoms with Gasteiger partial charge in [-0.05, 0) is 64.8 Å². The Hall–Kier alpha value is -0.750. The maximum Gasteiger partial charge on any atom is 0.160 e. The lowest BCUT2D eigenvalue weighted by Crippen LogP contribution is -2.00. The zero-order valence-corrected chi connectivity index (χ0v) is 16.1. The zero-order valence-electron chi connectivity index (χ0n) is 12.3. The molecule has 0 aliphatic carbocycles. The number of hydrogen-bond acceptors (Lipinski definition) is 2. The summed E-state index contributed by atoms with van der Waals surface area (Å²) in [4.78, 5) is 0.280. The number of benzene rings is 2. The molecule has 0 bridgehead atoms.